The van der Waals surface area contributed by atoms with Gasteiger partial charge in [0.15, 0.2) is 0 Å². The van der Waals surface area contributed by atoms with Crippen LogP contribution in [0.15, 0.2) is 24.3 Å². The summed E-state index contributed by atoms with van der Waals surface area (Å²) in [5.41, 5.74) is 1.25. The van der Waals surface area contributed by atoms with Crippen molar-refractivity contribution < 1.29 is 9.84 Å². The summed E-state index contributed by atoms with van der Waals surface area (Å²) in [5, 5.41) is 13.1. The van der Waals surface area contributed by atoms with Crippen LogP contribution in [0, 0.1) is 0 Å². The average molecular weight is 251 g/mol. The normalized spacial score (nSPS) is 14.2. The van der Waals surface area contributed by atoms with Crippen LogP contribution >= 0.6 is 0 Å². The summed E-state index contributed by atoms with van der Waals surface area (Å²) in [6.45, 7) is 7.25. The Hall–Kier alpha value is -1.06. The summed E-state index contributed by atoms with van der Waals surface area (Å²) in [6, 6.07) is 8.44. The molecular formula is C15H25NO2. The second kappa shape index (κ2) is 8.11. The molecule has 3 nitrogen and oxygen atoms in total. The van der Waals surface area contributed by atoms with Crippen LogP contribution in [0.4, 0.5) is 0 Å². The van der Waals surface area contributed by atoms with E-state index in [1.807, 2.05) is 18.2 Å². The number of benzene rings is 1. The Morgan fingerprint density at radius 2 is 2.11 bits per heavy atom. The molecule has 0 saturated carbocycles. The molecule has 0 spiro atoms. The van der Waals surface area contributed by atoms with Crippen molar-refractivity contribution in [3.8, 4) is 5.75 Å². The zero-order chi connectivity index (χ0) is 13.4. The van der Waals surface area contributed by atoms with Crippen molar-refractivity contribution in [2.75, 3.05) is 13.2 Å². The predicted octanol–water partition coefficient (Wildman–Crippen LogP) is 2.38. The fourth-order valence-electron chi connectivity index (χ4n) is 1.59. The Morgan fingerprint density at radius 3 is 2.78 bits per heavy atom. The average Bonchev–Trinajstić information content (AvgIpc) is 2.42. The van der Waals surface area contributed by atoms with Gasteiger partial charge in [0.25, 0.3) is 0 Å². The lowest BCUT2D eigenvalue weighted by Crippen LogP contribution is -2.36. The minimum atomic E-state index is -0.468. The van der Waals surface area contributed by atoms with E-state index in [4.69, 9.17) is 4.74 Å². The van der Waals surface area contributed by atoms with Crippen LogP contribution in [0.3, 0.4) is 0 Å². The van der Waals surface area contributed by atoms with Crippen LogP contribution in [-0.4, -0.2) is 30.4 Å². The van der Waals surface area contributed by atoms with Crippen molar-refractivity contribution in [3.05, 3.63) is 29.8 Å². The number of rotatable bonds is 8. The number of aliphatic hydroxyl groups excluding tert-OH is 1. The highest BCUT2D eigenvalue weighted by molar-refractivity contribution is 5.28. The standard InChI is InChI=1S/C15H25NO2/c1-4-12(3)16-10-14(17)11-18-15-8-6-7-13(5-2)9-15/h6-9,12,14,16-17H,4-5,10-11H2,1-3H3. The van der Waals surface area contributed by atoms with Gasteiger partial charge in [0.2, 0.25) is 0 Å². The molecule has 3 heteroatoms. The molecule has 18 heavy (non-hydrogen) atoms. The minimum Gasteiger partial charge on any atom is -0.491 e. The van der Waals surface area contributed by atoms with Gasteiger partial charge in [0, 0.05) is 12.6 Å². The van der Waals surface area contributed by atoms with Gasteiger partial charge in [-0.1, -0.05) is 26.0 Å². The van der Waals surface area contributed by atoms with Gasteiger partial charge in [-0.3, -0.25) is 0 Å². The summed E-state index contributed by atoms with van der Waals surface area (Å²) in [6.07, 6.45) is 1.59. The third kappa shape index (κ3) is 5.52. The van der Waals surface area contributed by atoms with Crippen LogP contribution in [0.25, 0.3) is 0 Å². The van der Waals surface area contributed by atoms with E-state index in [0.29, 0.717) is 19.2 Å². The summed E-state index contributed by atoms with van der Waals surface area (Å²) in [4.78, 5) is 0. The molecule has 2 atom stereocenters. The van der Waals surface area contributed by atoms with E-state index in [-0.39, 0.29) is 0 Å². The molecule has 0 aliphatic heterocycles. The van der Waals surface area contributed by atoms with E-state index in [1.165, 1.54) is 5.56 Å². The van der Waals surface area contributed by atoms with Gasteiger partial charge in [0.1, 0.15) is 18.5 Å². The summed E-state index contributed by atoms with van der Waals surface area (Å²) >= 11 is 0. The molecule has 102 valence electrons. The van der Waals surface area contributed by atoms with Crippen molar-refractivity contribution in [3.63, 3.8) is 0 Å². The lowest BCUT2D eigenvalue weighted by molar-refractivity contribution is 0.104. The van der Waals surface area contributed by atoms with Gasteiger partial charge >= 0.3 is 0 Å². The summed E-state index contributed by atoms with van der Waals surface area (Å²) in [5.74, 6) is 0.830. The predicted molar refractivity (Wildman–Crippen MR) is 75.1 cm³/mol. The fraction of sp³-hybridized carbons (Fsp3) is 0.600. The zero-order valence-electron chi connectivity index (χ0n) is 11.6. The Morgan fingerprint density at radius 1 is 1.33 bits per heavy atom. The molecule has 0 aliphatic carbocycles. The first kappa shape index (κ1) is 15.0. The fourth-order valence-corrected chi connectivity index (χ4v) is 1.59. The molecule has 2 unspecified atom stereocenters. The highest BCUT2D eigenvalue weighted by atomic mass is 16.5. The molecular weight excluding hydrogens is 226 g/mol. The lowest BCUT2D eigenvalue weighted by Gasteiger charge is -2.16. The minimum absolute atomic E-state index is 0.330. The topological polar surface area (TPSA) is 41.5 Å². The van der Waals surface area contributed by atoms with Crippen LogP contribution in [0.1, 0.15) is 32.8 Å². The van der Waals surface area contributed by atoms with E-state index in [2.05, 4.69) is 32.2 Å². The van der Waals surface area contributed by atoms with Crippen LogP contribution < -0.4 is 10.1 Å². The quantitative estimate of drug-likeness (QED) is 0.745. The van der Waals surface area contributed by atoms with Crippen molar-refractivity contribution in [1.82, 2.24) is 5.32 Å². The van der Waals surface area contributed by atoms with E-state index < -0.39 is 6.10 Å². The van der Waals surface area contributed by atoms with Gasteiger partial charge in [-0.25, -0.2) is 0 Å². The van der Waals surface area contributed by atoms with Gasteiger partial charge in [-0.2, -0.15) is 0 Å². The number of aliphatic hydroxyl groups is 1. The molecule has 0 radical (unpaired) electrons. The van der Waals surface area contributed by atoms with Crippen molar-refractivity contribution in [2.45, 2.75) is 45.8 Å². The zero-order valence-corrected chi connectivity index (χ0v) is 11.6. The SMILES string of the molecule is CCc1cccc(OCC(O)CNC(C)CC)c1. The Balaban J connectivity index is 2.30. The smallest absolute Gasteiger partial charge is 0.119 e. The van der Waals surface area contributed by atoms with Gasteiger partial charge < -0.3 is 15.2 Å². The number of hydrogen-bond donors (Lipinski definition) is 2. The molecule has 0 saturated heterocycles. The number of ether oxygens (including phenoxy) is 1. The van der Waals surface area contributed by atoms with E-state index in [0.717, 1.165) is 18.6 Å². The van der Waals surface area contributed by atoms with E-state index in [1.54, 1.807) is 0 Å². The van der Waals surface area contributed by atoms with Gasteiger partial charge in [-0.05, 0) is 37.5 Å². The molecule has 2 N–H and O–H groups in total. The maximum absolute atomic E-state index is 9.79. The second-order valence-corrected chi connectivity index (χ2v) is 4.68. The number of hydrogen-bond acceptors (Lipinski definition) is 3. The number of nitrogens with one attached hydrogen (secondary N) is 1. The van der Waals surface area contributed by atoms with Crippen molar-refractivity contribution in [1.29, 1.82) is 0 Å². The first-order valence-corrected chi connectivity index (χ1v) is 6.78. The van der Waals surface area contributed by atoms with Gasteiger partial charge in [0.05, 0.1) is 0 Å². The Labute approximate surface area is 110 Å². The van der Waals surface area contributed by atoms with Crippen LogP contribution in [0.5, 0.6) is 5.75 Å². The monoisotopic (exact) mass is 251 g/mol. The maximum Gasteiger partial charge on any atom is 0.119 e. The number of aryl methyl sites for hydroxylation is 1. The largest absolute Gasteiger partial charge is 0.491 e. The molecule has 1 rings (SSSR count). The lowest BCUT2D eigenvalue weighted by atomic mass is 10.2. The molecule has 0 fully saturated rings. The Kier molecular flexibility index (Phi) is 6.76. The van der Waals surface area contributed by atoms with Crippen molar-refractivity contribution in [2.24, 2.45) is 0 Å². The Bertz CT molecular complexity index is 341. The van der Waals surface area contributed by atoms with Gasteiger partial charge in [-0.15, -0.1) is 0 Å². The molecule has 1 aromatic carbocycles. The highest BCUT2D eigenvalue weighted by Crippen LogP contribution is 2.13. The molecule has 0 aromatic heterocycles. The molecule has 0 bridgehead atoms. The highest BCUT2D eigenvalue weighted by Gasteiger charge is 2.07. The third-order valence-electron chi connectivity index (χ3n) is 3.06. The first-order valence-electron chi connectivity index (χ1n) is 6.78. The van der Waals surface area contributed by atoms with E-state index >= 15 is 0 Å². The van der Waals surface area contributed by atoms with Crippen LogP contribution in [-0.2, 0) is 6.42 Å². The van der Waals surface area contributed by atoms with E-state index in [9.17, 15) is 5.11 Å². The molecule has 0 aliphatic rings. The van der Waals surface area contributed by atoms with Crippen molar-refractivity contribution >= 4 is 0 Å². The van der Waals surface area contributed by atoms with Crippen LogP contribution in [0.2, 0.25) is 0 Å². The third-order valence-corrected chi connectivity index (χ3v) is 3.06. The second-order valence-electron chi connectivity index (χ2n) is 4.68. The first-order chi connectivity index (χ1) is 8.65. The maximum atomic E-state index is 9.79. The summed E-state index contributed by atoms with van der Waals surface area (Å²) in [7, 11) is 0. The summed E-state index contributed by atoms with van der Waals surface area (Å²) < 4.78 is 5.59. The molecule has 0 heterocycles. The molecule has 1 aromatic rings. The molecule has 0 amide bonds.